The fourth-order valence-electron chi connectivity index (χ4n) is 3.93. The first-order valence-corrected chi connectivity index (χ1v) is 10.7. The van der Waals surface area contributed by atoms with Gasteiger partial charge in [0.1, 0.15) is 11.3 Å². The average Bonchev–Trinajstić information content (AvgIpc) is 3.19. The molecule has 32 heavy (non-hydrogen) atoms. The van der Waals surface area contributed by atoms with Crippen LogP contribution in [0.1, 0.15) is 35.8 Å². The predicted molar refractivity (Wildman–Crippen MR) is 115 cm³/mol. The van der Waals surface area contributed by atoms with Crippen molar-refractivity contribution in [2.24, 2.45) is 13.0 Å². The molecule has 1 aliphatic carbocycles. The van der Waals surface area contributed by atoms with Gasteiger partial charge in [0.05, 0.1) is 41.7 Å². The van der Waals surface area contributed by atoms with E-state index in [9.17, 15) is 13.2 Å². The number of anilines is 1. The second kappa shape index (κ2) is 9.01. The number of hydrogen-bond acceptors (Lipinski definition) is 6. The van der Waals surface area contributed by atoms with Crippen LogP contribution in [0.15, 0.2) is 24.5 Å². The van der Waals surface area contributed by atoms with Crippen LogP contribution < -0.4 is 4.90 Å². The number of fused-ring (bicyclic) bond motifs is 1. The van der Waals surface area contributed by atoms with Crippen molar-refractivity contribution in [2.75, 3.05) is 31.2 Å². The van der Waals surface area contributed by atoms with E-state index >= 15 is 0 Å². The average molecular weight is 448 g/mol. The lowest BCUT2D eigenvalue weighted by Gasteiger charge is -2.37. The molecule has 3 aromatic rings. The number of aromatic nitrogens is 5. The van der Waals surface area contributed by atoms with Crippen molar-refractivity contribution in [1.29, 1.82) is 0 Å². The maximum atomic E-state index is 12.9. The van der Waals surface area contributed by atoms with Gasteiger partial charge in [0.25, 0.3) is 0 Å². The number of hydrogen-bond donors (Lipinski definition) is 0. The number of ether oxygens (including phenoxy) is 1. The van der Waals surface area contributed by atoms with Gasteiger partial charge in [0.15, 0.2) is 0 Å². The minimum atomic E-state index is -4.13. The third kappa shape index (κ3) is 4.85. The van der Waals surface area contributed by atoms with Crippen LogP contribution in [0.2, 0.25) is 0 Å². The van der Waals surface area contributed by atoms with Crippen LogP contribution >= 0.6 is 0 Å². The maximum Gasteiger partial charge on any atom is 0.391 e. The van der Waals surface area contributed by atoms with Crippen LogP contribution in [0.3, 0.4) is 0 Å². The highest BCUT2D eigenvalue weighted by Crippen LogP contribution is 2.50. The molecule has 0 N–H and O–H groups in total. The molecule has 1 saturated carbocycles. The van der Waals surface area contributed by atoms with E-state index in [1.165, 1.54) is 0 Å². The minimum Gasteiger partial charge on any atom is -0.378 e. The van der Waals surface area contributed by atoms with Gasteiger partial charge in [0, 0.05) is 44.5 Å². The monoisotopic (exact) mass is 448 g/mol. The van der Waals surface area contributed by atoms with Crippen LogP contribution in [0, 0.1) is 19.8 Å². The summed E-state index contributed by atoms with van der Waals surface area (Å²) in [5.74, 6) is -0.707. The lowest BCUT2D eigenvalue weighted by molar-refractivity contribution is -0.197. The molecular weight excluding hydrogens is 421 g/mol. The topological polar surface area (TPSA) is 69.0 Å². The zero-order chi connectivity index (χ0) is 22.9. The van der Waals surface area contributed by atoms with Crippen LogP contribution in [0.5, 0.6) is 0 Å². The van der Waals surface area contributed by atoms with Gasteiger partial charge in [-0.2, -0.15) is 18.3 Å². The molecule has 0 unspecified atom stereocenters. The quantitative estimate of drug-likeness (QED) is 0.591. The number of aryl methyl sites for hydroxylation is 3. The predicted octanol–water partition coefficient (Wildman–Crippen LogP) is 3.95. The molecule has 0 bridgehead atoms. The zero-order valence-corrected chi connectivity index (χ0v) is 18.4. The van der Waals surface area contributed by atoms with Gasteiger partial charge in [-0.1, -0.05) is 0 Å². The van der Waals surface area contributed by atoms with E-state index in [-0.39, 0.29) is 18.8 Å². The molecule has 5 rings (SSSR count). The molecular formula is C22H27F3N6O. The summed E-state index contributed by atoms with van der Waals surface area (Å²) < 4.78 is 45.9. The number of rotatable bonds is 2. The maximum absolute atomic E-state index is 12.9. The summed E-state index contributed by atoms with van der Waals surface area (Å²) in [7, 11) is 1.89. The van der Waals surface area contributed by atoms with Gasteiger partial charge >= 0.3 is 6.18 Å². The van der Waals surface area contributed by atoms with E-state index in [1.54, 1.807) is 10.9 Å². The van der Waals surface area contributed by atoms with Gasteiger partial charge in [0.2, 0.25) is 0 Å². The van der Waals surface area contributed by atoms with Crippen molar-refractivity contribution in [3.63, 3.8) is 0 Å². The van der Waals surface area contributed by atoms with Crippen LogP contribution in [0.4, 0.5) is 19.0 Å². The molecule has 4 heterocycles. The highest BCUT2D eigenvalue weighted by Gasteiger charge is 2.49. The fraction of sp³-hybridized carbons (Fsp3) is 0.545. The number of nitrogens with zero attached hydrogens (tertiary/aromatic N) is 6. The van der Waals surface area contributed by atoms with Gasteiger partial charge in [-0.05, 0) is 32.8 Å². The van der Waals surface area contributed by atoms with Crippen LogP contribution in [-0.4, -0.2) is 57.2 Å². The molecule has 1 aliphatic heterocycles. The molecule has 2 fully saturated rings. The van der Waals surface area contributed by atoms with E-state index in [4.69, 9.17) is 9.72 Å². The summed E-state index contributed by atoms with van der Waals surface area (Å²) >= 11 is 0. The van der Waals surface area contributed by atoms with E-state index < -0.39 is 12.1 Å². The summed E-state index contributed by atoms with van der Waals surface area (Å²) in [5, 5.41) is 3.83. The molecule has 3 aromatic heterocycles. The van der Waals surface area contributed by atoms with E-state index in [0.29, 0.717) is 43.0 Å². The first-order chi connectivity index (χ1) is 15.2. The SMILES string of the molecule is Cc1nc2cc(N3CCOCC3)nc(C3CC(C(F)(F)F)C3)c2nc1C.Cn1cccn1. The van der Waals surface area contributed by atoms with Gasteiger partial charge < -0.3 is 9.64 Å². The second-order valence-electron chi connectivity index (χ2n) is 8.31. The summed E-state index contributed by atoms with van der Waals surface area (Å²) in [6.07, 6.45) is -0.341. The van der Waals surface area contributed by atoms with Gasteiger partial charge in [-0.25, -0.2) is 15.0 Å². The van der Waals surface area contributed by atoms with Gasteiger partial charge in [-0.3, -0.25) is 4.68 Å². The normalized spacial score (nSPS) is 21.1. The molecule has 0 amide bonds. The molecule has 0 atom stereocenters. The molecule has 0 spiro atoms. The first kappa shape index (κ1) is 22.4. The Morgan fingerprint density at radius 1 is 1.03 bits per heavy atom. The molecule has 0 aromatic carbocycles. The van der Waals surface area contributed by atoms with Crippen molar-refractivity contribution < 1.29 is 17.9 Å². The van der Waals surface area contributed by atoms with Gasteiger partial charge in [-0.15, -0.1) is 0 Å². The highest BCUT2D eigenvalue weighted by molar-refractivity contribution is 5.80. The Kier molecular flexibility index (Phi) is 6.32. The number of halogens is 3. The molecule has 0 radical (unpaired) electrons. The molecule has 2 aliphatic rings. The van der Waals surface area contributed by atoms with E-state index in [2.05, 4.69) is 20.0 Å². The van der Waals surface area contributed by atoms with Crippen molar-refractivity contribution in [3.8, 4) is 0 Å². The van der Waals surface area contributed by atoms with Crippen LogP contribution in [0.25, 0.3) is 11.0 Å². The van der Waals surface area contributed by atoms with E-state index in [1.807, 2.05) is 39.2 Å². The first-order valence-electron chi connectivity index (χ1n) is 10.7. The molecule has 7 nitrogen and oxygen atoms in total. The highest BCUT2D eigenvalue weighted by atomic mass is 19.4. The lowest BCUT2D eigenvalue weighted by Crippen LogP contribution is -2.38. The summed E-state index contributed by atoms with van der Waals surface area (Å²) in [4.78, 5) is 16.1. The Hall–Kier alpha value is -2.75. The lowest BCUT2D eigenvalue weighted by atomic mass is 9.72. The summed E-state index contributed by atoms with van der Waals surface area (Å²) in [5.41, 5.74) is 3.60. The number of morpholine rings is 1. The van der Waals surface area contributed by atoms with Crippen molar-refractivity contribution >= 4 is 16.9 Å². The summed E-state index contributed by atoms with van der Waals surface area (Å²) in [6, 6.07) is 3.78. The van der Waals surface area contributed by atoms with Crippen LogP contribution in [-0.2, 0) is 11.8 Å². The Morgan fingerprint density at radius 3 is 2.28 bits per heavy atom. The molecule has 172 valence electrons. The second-order valence-corrected chi connectivity index (χ2v) is 8.31. The van der Waals surface area contributed by atoms with Crippen molar-refractivity contribution in [3.05, 3.63) is 41.6 Å². The Balaban J connectivity index is 0.000000354. The Morgan fingerprint density at radius 2 is 1.72 bits per heavy atom. The van der Waals surface area contributed by atoms with Crippen molar-refractivity contribution in [1.82, 2.24) is 24.7 Å². The third-order valence-electron chi connectivity index (χ3n) is 6.04. The zero-order valence-electron chi connectivity index (χ0n) is 18.4. The van der Waals surface area contributed by atoms with E-state index in [0.717, 1.165) is 17.2 Å². The Labute approximate surface area is 184 Å². The third-order valence-corrected chi connectivity index (χ3v) is 6.04. The minimum absolute atomic E-state index is 0.0762. The standard InChI is InChI=1S/C18H21F3N4O.C4H6N2/c1-10-11(2)23-17-14(22-10)9-15(25-3-5-26-6-4-25)24-16(17)12-7-13(8-12)18(19,20)21;1-6-4-2-3-5-6/h9,12-13H,3-8H2,1-2H3;2-4H,1H3. The Bertz CT molecular complexity index is 1060. The number of pyridine rings is 1. The number of alkyl halides is 3. The molecule has 1 saturated heterocycles. The smallest absolute Gasteiger partial charge is 0.378 e. The largest absolute Gasteiger partial charge is 0.391 e. The summed E-state index contributed by atoms with van der Waals surface area (Å²) in [6.45, 7) is 6.42. The van der Waals surface area contributed by atoms with Crippen molar-refractivity contribution in [2.45, 2.75) is 38.8 Å². The fourth-order valence-corrected chi connectivity index (χ4v) is 3.93. The molecule has 10 heteroatoms.